The molecule has 6 heteroatoms. The fraction of sp³-hybridized carbons (Fsp3) is 0.333. The third-order valence-electron chi connectivity index (χ3n) is 6.26. The summed E-state index contributed by atoms with van der Waals surface area (Å²) in [5, 5.41) is 13.6. The van der Waals surface area contributed by atoms with Gasteiger partial charge in [0.15, 0.2) is 11.5 Å². The number of methoxy groups -OCH3 is 1. The molecule has 3 aromatic rings. The maximum Gasteiger partial charge on any atom is 0.259 e. The number of ether oxygens (including phenoxy) is 1. The Morgan fingerprint density at radius 2 is 1.97 bits per heavy atom. The van der Waals surface area contributed by atoms with Gasteiger partial charge in [-0.25, -0.2) is 4.99 Å². The Hall–Kier alpha value is -3.12. The van der Waals surface area contributed by atoms with Crippen molar-refractivity contribution in [3.63, 3.8) is 0 Å². The fourth-order valence-electron chi connectivity index (χ4n) is 4.26. The van der Waals surface area contributed by atoms with E-state index in [0.717, 1.165) is 41.1 Å². The predicted octanol–water partition coefficient (Wildman–Crippen LogP) is 6.62. The van der Waals surface area contributed by atoms with Crippen LogP contribution in [-0.4, -0.2) is 24.3 Å². The zero-order valence-corrected chi connectivity index (χ0v) is 20.3. The minimum absolute atomic E-state index is 0.0809. The number of phenols is 1. The van der Waals surface area contributed by atoms with Crippen LogP contribution in [0.1, 0.15) is 53.6 Å². The molecule has 1 unspecified atom stereocenters. The van der Waals surface area contributed by atoms with Crippen LogP contribution >= 0.6 is 11.3 Å². The lowest BCUT2D eigenvalue weighted by molar-refractivity contribution is 0.102. The summed E-state index contributed by atoms with van der Waals surface area (Å²) in [5.74, 6) is 0.923. The molecule has 0 aliphatic heterocycles. The van der Waals surface area contributed by atoms with Crippen molar-refractivity contribution in [2.45, 2.75) is 40.0 Å². The van der Waals surface area contributed by atoms with Gasteiger partial charge in [0.2, 0.25) is 0 Å². The van der Waals surface area contributed by atoms with Gasteiger partial charge in [-0.2, -0.15) is 0 Å². The molecule has 0 fully saturated rings. The highest BCUT2D eigenvalue weighted by Crippen LogP contribution is 2.45. The van der Waals surface area contributed by atoms with Crippen LogP contribution in [0.4, 0.5) is 10.7 Å². The molecule has 0 saturated carbocycles. The van der Waals surface area contributed by atoms with Crippen LogP contribution < -0.4 is 10.1 Å². The summed E-state index contributed by atoms with van der Waals surface area (Å²) >= 11 is 1.61. The van der Waals surface area contributed by atoms with Gasteiger partial charge in [-0.1, -0.05) is 39.0 Å². The second-order valence-electron chi connectivity index (χ2n) is 9.50. The van der Waals surface area contributed by atoms with E-state index in [1.54, 1.807) is 35.8 Å². The van der Waals surface area contributed by atoms with Gasteiger partial charge < -0.3 is 15.2 Å². The first-order chi connectivity index (χ1) is 15.8. The lowest BCUT2D eigenvalue weighted by Crippen LogP contribution is -2.27. The van der Waals surface area contributed by atoms with E-state index in [2.05, 4.69) is 26.1 Å². The number of amides is 1. The molecule has 0 saturated heterocycles. The number of benzene rings is 2. The Bertz CT molecular complexity index is 1180. The number of nitrogens with zero attached hydrogens (tertiary/aromatic N) is 1. The Labute approximate surface area is 199 Å². The van der Waals surface area contributed by atoms with Gasteiger partial charge in [-0.05, 0) is 72.1 Å². The summed E-state index contributed by atoms with van der Waals surface area (Å²) in [6.45, 7) is 6.86. The second-order valence-corrected chi connectivity index (χ2v) is 10.6. The average Bonchev–Trinajstić information content (AvgIpc) is 3.16. The standard InChI is InChI=1S/C27H30N2O3S/c1-27(2,3)18-11-12-20-23(15-18)33-26(24(20)25(31)29-19-8-6-5-7-9-19)28-16-17-10-13-21(30)22(14-17)32-4/h5-10,13-14,16,18,30H,11-12,15H2,1-4H3,(H,29,31)/b28-16-. The summed E-state index contributed by atoms with van der Waals surface area (Å²) in [5.41, 5.74) is 3.58. The Morgan fingerprint density at radius 3 is 2.67 bits per heavy atom. The summed E-state index contributed by atoms with van der Waals surface area (Å²) in [4.78, 5) is 19.4. The molecular formula is C27H30N2O3S. The maximum absolute atomic E-state index is 13.4. The Balaban J connectivity index is 1.71. The number of carbonyl (C=O) groups excluding carboxylic acids is 1. The lowest BCUT2D eigenvalue weighted by atomic mass is 9.72. The van der Waals surface area contributed by atoms with E-state index < -0.39 is 0 Å². The largest absolute Gasteiger partial charge is 0.504 e. The van der Waals surface area contributed by atoms with E-state index in [1.807, 2.05) is 30.3 Å². The first-order valence-corrected chi connectivity index (χ1v) is 12.0. The number of para-hydroxylation sites is 1. The highest BCUT2D eigenvalue weighted by Gasteiger charge is 2.33. The van der Waals surface area contributed by atoms with Gasteiger partial charge in [0.25, 0.3) is 5.91 Å². The number of aliphatic imine (C=N–C) groups is 1. The van der Waals surface area contributed by atoms with Gasteiger partial charge in [0, 0.05) is 16.8 Å². The second kappa shape index (κ2) is 9.40. The van der Waals surface area contributed by atoms with Crippen molar-refractivity contribution < 1.29 is 14.6 Å². The molecule has 1 heterocycles. The first-order valence-electron chi connectivity index (χ1n) is 11.2. The SMILES string of the molecule is COc1cc(/C=N\c2sc3c(c2C(=O)Nc2ccccc2)CCC(C(C)(C)C)C3)ccc1O. The van der Waals surface area contributed by atoms with Crippen LogP contribution in [-0.2, 0) is 12.8 Å². The number of hydrogen-bond donors (Lipinski definition) is 2. The number of rotatable bonds is 5. The molecule has 172 valence electrons. The molecule has 1 aromatic heterocycles. The first kappa shape index (κ1) is 23.1. The summed E-state index contributed by atoms with van der Waals surface area (Å²) < 4.78 is 5.20. The number of anilines is 1. The fourth-order valence-corrected chi connectivity index (χ4v) is 5.53. The van der Waals surface area contributed by atoms with Crippen molar-refractivity contribution in [3.8, 4) is 11.5 Å². The van der Waals surface area contributed by atoms with E-state index >= 15 is 0 Å². The maximum atomic E-state index is 13.4. The Morgan fingerprint density at radius 1 is 1.21 bits per heavy atom. The zero-order chi connectivity index (χ0) is 23.6. The Kier molecular flexibility index (Phi) is 6.56. The summed E-state index contributed by atoms with van der Waals surface area (Å²) in [7, 11) is 1.51. The number of thiophene rings is 1. The number of phenolic OH excluding ortho intramolecular Hbond substituents is 1. The molecule has 0 radical (unpaired) electrons. The molecule has 1 atom stereocenters. The molecule has 2 N–H and O–H groups in total. The molecule has 5 nitrogen and oxygen atoms in total. The van der Waals surface area contributed by atoms with Gasteiger partial charge in [0.05, 0.1) is 12.7 Å². The number of fused-ring (bicyclic) bond motifs is 1. The van der Waals surface area contributed by atoms with Crippen LogP contribution in [0.3, 0.4) is 0 Å². The van der Waals surface area contributed by atoms with Crippen molar-refractivity contribution in [3.05, 3.63) is 70.1 Å². The van der Waals surface area contributed by atoms with Crippen molar-refractivity contribution >= 4 is 34.1 Å². The zero-order valence-electron chi connectivity index (χ0n) is 19.5. The highest BCUT2D eigenvalue weighted by atomic mass is 32.1. The predicted molar refractivity (Wildman–Crippen MR) is 136 cm³/mol. The molecule has 1 aliphatic carbocycles. The van der Waals surface area contributed by atoms with E-state index in [-0.39, 0.29) is 17.1 Å². The number of nitrogens with one attached hydrogen (secondary N) is 1. The van der Waals surface area contributed by atoms with E-state index in [0.29, 0.717) is 17.2 Å². The van der Waals surface area contributed by atoms with E-state index in [4.69, 9.17) is 9.73 Å². The van der Waals surface area contributed by atoms with Gasteiger partial charge in [0.1, 0.15) is 5.00 Å². The lowest BCUT2D eigenvalue weighted by Gasteiger charge is -2.33. The molecule has 0 spiro atoms. The average molecular weight is 463 g/mol. The molecule has 0 bridgehead atoms. The minimum Gasteiger partial charge on any atom is -0.504 e. The van der Waals surface area contributed by atoms with Gasteiger partial charge in [-0.3, -0.25) is 4.79 Å². The third-order valence-corrected chi connectivity index (χ3v) is 7.43. The van der Waals surface area contributed by atoms with E-state index in [9.17, 15) is 9.90 Å². The summed E-state index contributed by atoms with van der Waals surface area (Å²) in [6.07, 6.45) is 4.64. The third kappa shape index (κ3) is 5.11. The van der Waals surface area contributed by atoms with Crippen molar-refractivity contribution in [2.75, 3.05) is 12.4 Å². The summed E-state index contributed by atoms with van der Waals surface area (Å²) in [6, 6.07) is 14.6. The van der Waals surface area contributed by atoms with Crippen LogP contribution in [0.15, 0.2) is 53.5 Å². The van der Waals surface area contributed by atoms with E-state index in [1.165, 1.54) is 12.0 Å². The van der Waals surface area contributed by atoms with Gasteiger partial charge in [-0.15, -0.1) is 11.3 Å². The van der Waals surface area contributed by atoms with Crippen molar-refractivity contribution in [1.82, 2.24) is 0 Å². The minimum atomic E-state index is -0.122. The topological polar surface area (TPSA) is 70.9 Å². The number of carbonyl (C=O) groups is 1. The quantitative estimate of drug-likeness (QED) is 0.419. The van der Waals surface area contributed by atoms with Crippen LogP contribution in [0.25, 0.3) is 0 Å². The number of hydrogen-bond acceptors (Lipinski definition) is 5. The van der Waals surface area contributed by atoms with Crippen LogP contribution in [0.5, 0.6) is 11.5 Å². The normalized spacial score (nSPS) is 15.9. The van der Waals surface area contributed by atoms with Crippen molar-refractivity contribution in [1.29, 1.82) is 0 Å². The van der Waals surface area contributed by atoms with Crippen molar-refractivity contribution in [2.24, 2.45) is 16.3 Å². The molecule has 33 heavy (non-hydrogen) atoms. The number of aromatic hydroxyl groups is 1. The monoisotopic (exact) mass is 462 g/mol. The molecule has 4 rings (SSSR count). The molecule has 1 aliphatic rings. The smallest absolute Gasteiger partial charge is 0.259 e. The van der Waals surface area contributed by atoms with Crippen LogP contribution in [0.2, 0.25) is 0 Å². The molecular weight excluding hydrogens is 432 g/mol. The van der Waals surface area contributed by atoms with Gasteiger partial charge >= 0.3 is 0 Å². The molecule has 2 aromatic carbocycles. The molecule has 1 amide bonds. The van der Waals surface area contributed by atoms with Crippen LogP contribution in [0, 0.1) is 11.3 Å². The highest BCUT2D eigenvalue weighted by molar-refractivity contribution is 7.16.